The minimum Gasteiger partial charge on any atom is -0.312 e. The van der Waals surface area contributed by atoms with Gasteiger partial charge in [-0.05, 0) is 44.9 Å². The molecule has 16 heavy (non-hydrogen) atoms. The van der Waals surface area contributed by atoms with Crippen molar-refractivity contribution in [1.82, 2.24) is 5.32 Å². The maximum Gasteiger partial charge on any atom is 0.0412 e. The Morgan fingerprint density at radius 3 is 2.69 bits per heavy atom. The van der Waals surface area contributed by atoms with Crippen molar-refractivity contribution in [2.24, 2.45) is 5.92 Å². The van der Waals surface area contributed by atoms with Gasteiger partial charge in [0.05, 0.1) is 0 Å². The molecule has 1 aromatic heterocycles. The Kier molecular flexibility index (Phi) is 4.42. The predicted octanol–water partition coefficient (Wildman–Crippen LogP) is 4.29. The second-order valence-corrected chi connectivity index (χ2v) is 6.34. The van der Waals surface area contributed by atoms with Gasteiger partial charge in [0.2, 0.25) is 0 Å². The van der Waals surface area contributed by atoms with Crippen LogP contribution in [0.4, 0.5) is 0 Å². The fourth-order valence-electron chi connectivity index (χ4n) is 2.77. The lowest BCUT2D eigenvalue weighted by atomic mass is 9.98. The molecule has 1 saturated carbocycles. The summed E-state index contributed by atoms with van der Waals surface area (Å²) in [5.41, 5.74) is 0. The molecule has 90 valence electrons. The van der Waals surface area contributed by atoms with Crippen molar-refractivity contribution in [2.45, 2.75) is 51.5 Å². The summed E-state index contributed by atoms with van der Waals surface area (Å²) in [6.45, 7) is 2.19. The van der Waals surface area contributed by atoms with Crippen LogP contribution >= 0.6 is 11.3 Å². The summed E-state index contributed by atoms with van der Waals surface area (Å²) in [4.78, 5) is 2.94. The Morgan fingerprint density at radius 1 is 1.38 bits per heavy atom. The molecule has 0 saturated heterocycles. The van der Waals surface area contributed by atoms with E-state index in [-0.39, 0.29) is 0 Å². The van der Waals surface area contributed by atoms with E-state index in [4.69, 9.17) is 0 Å². The molecule has 2 rings (SSSR count). The third kappa shape index (κ3) is 3.08. The topological polar surface area (TPSA) is 12.0 Å². The minimum absolute atomic E-state index is 0.583. The van der Waals surface area contributed by atoms with Gasteiger partial charge in [-0.25, -0.2) is 0 Å². The quantitative estimate of drug-likeness (QED) is 0.805. The number of aryl methyl sites for hydroxylation is 1. The van der Waals surface area contributed by atoms with Crippen LogP contribution in [0, 0.1) is 12.8 Å². The first-order valence-corrected chi connectivity index (χ1v) is 7.35. The number of hydrogen-bond acceptors (Lipinski definition) is 2. The van der Waals surface area contributed by atoms with E-state index in [1.807, 2.05) is 11.3 Å². The van der Waals surface area contributed by atoms with Gasteiger partial charge in [0.25, 0.3) is 0 Å². The van der Waals surface area contributed by atoms with Crippen LogP contribution in [-0.2, 0) is 0 Å². The van der Waals surface area contributed by atoms with Crippen LogP contribution in [-0.4, -0.2) is 7.05 Å². The molecule has 1 aliphatic rings. The molecule has 1 atom stereocenters. The molecule has 0 radical (unpaired) electrons. The zero-order valence-electron chi connectivity index (χ0n) is 10.5. The highest BCUT2D eigenvalue weighted by molar-refractivity contribution is 7.12. The van der Waals surface area contributed by atoms with Gasteiger partial charge < -0.3 is 5.32 Å². The second kappa shape index (κ2) is 5.83. The Bertz CT molecular complexity index is 312. The lowest BCUT2D eigenvalue weighted by Crippen LogP contribution is -2.16. The van der Waals surface area contributed by atoms with Crippen LogP contribution in [0.2, 0.25) is 0 Å². The molecule has 2 heteroatoms. The van der Waals surface area contributed by atoms with Gasteiger partial charge in [-0.2, -0.15) is 0 Å². The van der Waals surface area contributed by atoms with E-state index in [9.17, 15) is 0 Å². The summed E-state index contributed by atoms with van der Waals surface area (Å²) >= 11 is 1.94. The number of nitrogens with one attached hydrogen (secondary N) is 1. The smallest absolute Gasteiger partial charge is 0.0412 e. The van der Waals surface area contributed by atoms with Gasteiger partial charge in [0.1, 0.15) is 0 Å². The van der Waals surface area contributed by atoms with Gasteiger partial charge >= 0.3 is 0 Å². The third-order valence-electron chi connectivity index (χ3n) is 3.79. The molecule has 1 nitrogen and oxygen atoms in total. The molecule has 0 bridgehead atoms. The Balaban J connectivity index is 1.85. The van der Waals surface area contributed by atoms with Crippen molar-refractivity contribution in [2.75, 3.05) is 7.05 Å². The molecule has 0 amide bonds. The summed E-state index contributed by atoms with van der Waals surface area (Å²) < 4.78 is 0. The molecule has 0 spiro atoms. The third-order valence-corrected chi connectivity index (χ3v) is 4.91. The van der Waals surface area contributed by atoms with Crippen LogP contribution in [0.5, 0.6) is 0 Å². The molecular formula is C14H23NS. The van der Waals surface area contributed by atoms with Gasteiger partial charge in [-0.3, -0.25) is 0 Å². The molecule has 1 N–H and O–H groups in total. The summed E-state index contributed by atoms with van der Waals surface area (Å²) in [7, 11) is 2.09. The van der Waals surface area contributed by atoms with E-state index in [2.05, 4.69) is 31.4 Å². The minimum atomic E-state index is 0.583. The molecule has 1 fully saturated rings. The van der Waals surface area contributed by atoms with Gasteiger partial charge in [-0.15, -0.1) is 11.3 Å². The van der Waals surface area contributed by atoms with Crippen LogP contribution in [0.15, 0.2) is 12.1 Å². The molecule has 1 aliphatic carbocycles. The predicted molar refractivity (Wildman–Crippen MR) is 72.0 cm³/mol. The van der Waals surface area contributed by atoms with Crippen molar-refractivity contribution in [1.29, 1.82) is 0 Å². The molecule has 0 aromatic carbocycles. The SMILES string of the molecule is CNC(CCC1CCCC1)c1ccc(C)s1. The Morgan fingerprint density at radius 2 is 2.12 bits per heavy atom. The Hall–Kier alpha value is -0.340. The number of rotatable bonds is 5. The first-order chi connectivity index (χ1) is 7.79. The van der Waals surface area contributed by atoms with Gasteiger partial charge in [0.15, 0.2) is 0 Å². The fraction of sp³-hybridized carbons (Fsp3) is 0.714. The largest absolute Gasteiger partial charge is 0.312 e. The molecular weight excluding hydrogens is 214 g/mol. The number of thiophene rings is 1. The first-order valence-electron chi connectivity index (χ1n) is 6.53. The molecule has 0 aliphatic heterocycles. The normalized spacial score (nSPS) is 19.1. The van der Waals surface area contributed by atoms with Crippen LogP contribution in [0.25, 0.3) is 0 Å². The molecule has 1 heterocycles. The van der Waals surface area contributed by atoms with E-state index in [1.165, 1.54) is 48.3 Å². The van der Waals surface area contributed by atoms with Crippen molar-refractivity contribution in [3.05, 3.63) is 21.9 Å². The van der Waals surface area contributed by atoms with E-state index >= 15 is 0 Å². The summed E-state index contributed by atoms with van der Waals surface area (Å²) in [5.74, 6) is 1.01. The van der Waals surface area contributed by atoms with E-state index in [1.54, 1.807) is 0 Å². The van der Waals surface area contributed by atoms with Gasteiger partial charge in [0, 0.05) is 15.8 Å². The number of hydrogen-bond donors (Lipinski definition) is 1. The highest BCUT2D eigenvalue weighted by Gasteiger charge is 2.18. The van der Waals surface area contributed by atoms with Gasteiger partial charge in [-0.1, -0.05) is 25.7 Å². The maximum absolute atomic E-state index is 3.47. The molecule has 1 aromatic rings. The van der Waals surface area contributed by atoms with E-state index < -0.39 is 0 Å². The van der Waals surface area contributed by atoms with Crippen molar-refractivity contribution >= 4 is 11.3 Å². The maximum atomic E-state index is 3.47. The van der Waals surface area contributed by atoms with Crippen LogP contribution < -0.4 is 5.32 Å². The van der Waals surface area contributed by atoms with E-state index in [0.29, 0.717) is 6.04 Å². The lowest BCUT2D eigenvalue weighted by molar-refractivity contribution is 0.430. The van der Waals surface area contributed by atoms with E-state index in [0.717, 1.165) is 5.92 Å². The molecule has 1 unspecified atom stereocenters. The standard InChI is InChI=1S/C14H23NS/c1-11-7-10-14(16-11)13(15-2)9-8-12-5-3-4-6-12/h7,10,12-13,15H,3-6,8-9H2,1-2H3. The highest BCUT2D eigenvalue weighted by atomic mass is 32.1. The van der Waals surface area contributed by atoms with Crippen molar-refractivity contribution < 1.29 is 0 Å². The average molecular weight is 237 g/mol. The van der Waals surface area contributed by atoms with Crippen molar-refractivity contribution in [3.8, 4) is 0 Å². The van der Waals surface area contributed by atoms with Crippen LogP contribution in [0.3, 0.4) is 0 Å². The monoisotopic (exact) mass is 237 g/mol. The zero-order chi connectivity index (χ0) is 11.4. The average Bonchev–Trinajstić information content (AvgIpc) is 2.91. The zero-order valence-corrected chi connectivity index (χ0v) is 11.3. The summed E-state index contributed by atoms with van der Waals surface area (Å²) in [6.07, 6.45) is 8.59. The van der Waals surface area contributed by atoms with Crippen LogP contribution in [0.1, 0.15) is 54.3 Å². The first kappa shape index (κ1) is 12.1. The highest BCUT2D eigenvalue weighted by Crippen LogP contribution is 2.32. The summed E-state index contributed by atoms with van der Waals surface area (Å²) in [6, 6.07) is 5.11. The second-order valence-electron chi connectivity index (χ2n) is 5.02. The Labute approximate surface area is 103 Å². The lowest BCUT2D eigenvalue weighted by Gasteiger charge is -2.17. The van der Waals surface area contributed by atoms with Crippen molar-refractivity contribution in [3.63, 3.8) is 0 Å². The fourth-order valence-corrected chi connectivity index (χ4v) is 3.79. The summed E-state index contributed by atoms with van der Waals surface area (Å²) in [5, 5.41) is 3.47.